The van der Waals surface area contributed by atoms with Crippen molar-refractivity contribution in [3.63, 3.8) is 0 Å². The fourth-order valence-electron chi connectivity index (χ4n) is 1.45. The number of nitro groups is 1. The molecule has 3 nitrogen and oxygen atoms in total. The first kappa shape index (κ1) is 7.51. The molecule has 0 radical (unpaired) electrons. The van der Waals surface area contributed by atoms with Crippen molar-refractivity contribution in [3.05, 3.63) is 10.1 Å². The lowest BCUT2D eigenvalue weighted by Gasteiger charge is -2.19. The molecule has 0 atom stereocenters. The van der Waals surface area contributed by atoms with Crippen molar-refractivity contribution in [2.75, 3.05) is 0 Å². The van der Waals surface area contributed by atoms with E-state index in [2.05, 4.69) is 6.92 Å². The van der Waals surface area contributed by atoms with E-state index in [1.165, 1.54) is 0 Å². The molecule has 0 bridgehead atoms. The van der Waals surface area contributed by atoms with Crippen LogP contribution in [0.15, 0.2) is 0 Å². The molecule has 10 heavy (non-hydrogen) atoms. The Morgan fingerprint density at radius 3 is 2.20 bits per heavy atom. The fraction of sp³-hybridized carbons (Fsp3) is 1.00. The van der Waals surface area contributed by atoms with E-state index < -0.39 is 0 Å². The maximum Gasteiger partial charge on any atom is 0.213 e. The Kier molecular flexibility index (Phi) is 2.25. The molecule has 1 rings (SSSR count). The van der Waals surface area contributed by atoms with Gasteiger partial charge in [-0.25, -0.2) is 0 Å². The summed E-state index contributed by atoms with van der Waals surface area (Å²) in [6, 6.07) is -0.240. The van der Waals surface area contributed by atoms with Crippen molar-refractivity contribution in [1.29, 1.82) is 0 Å². The van der Waals surface area contributed by atoms with E-state index in [1.807, 2.05) is 0 Å². The van der Waals surface area contributed by atoms with Gasteiger partial charge >= 0.3 is 0 Å². The normalized spacial score (nSPS) is 33.7. The van der Waals surface area contributed by atoms with Crippen molar-refractivity contribution in [2.24, 2.45) is 5.92 Å². The molecule has 1 saturated carbocycles. The van der Waals surface area contributed by atoms with Gasteiger partial charge in [-0.05, 0) is 18.8 Å². The van der Waals surface area contributed by atoms with Gasteiger partial charge in [0.2, 0.25) is 6.04 Å². The standard InChI is InChI=1S/C7H13NO2/c1-6-2-4-7(5-3-6)8(9)10/h6-7H,2-5H2,1H3. The van der Waals surface area contributed by atoms with Gasteiger partial charge < -0.3 is 0 Å². The van der Waals surface area contributed by atoms with Crippen LogP contribution in [-0.2, 0) is 0 Å². The lowest BCUT2D eigenvalue weighted by atomic mass is 9.88. The Labute approximate surface area is 60.6 Å². The minimum Gasteiger partial charge on any atom is -0.264 e. The highest BCUT2D eigenvalue weighted by molar-refractivity contribution is 4.68. The molecule has 1 aliphatic carbocycles. The molecule has 0 aromatic rings. The minimum absolute atomic E-state index is 0.133. The van der Waals surface area contributed by atoms with Gasteiger partial charge in [0, 0.05) is 17.8 Å². The van der Waals surface area contributed by atoms with Gasteiger partial charge in [-0.15, -0.1) is 0 Å². The van der Waals surface area contributed by atoms with Crippen LogP contribution in [0.5, 0.6) is 0 Å². The van der Waals surface area contributed by atoms with Crippen LogP contribution in [0, 0.1) is 16.0 Å². The molecule has 0 aromatic heterocycles. The fourth-order valence-corrected chi connectivity index (χ4v) is 1.45. The predicted molar refractivity (Wildman–Crippen MR) is 38.4 cm³/mol. The lowest BCUT2D eigenvalue weighted by molar-refractivity contribution is -0.526. The minimum atomic E-state index is -0.240. The lowest BCUT2D eigenvalue weighted by Crippen LogP contribution is -2.24. The molecule has 0 saturated heterocycles. The Morgan fingerprint density at radius 2 is 1.80 bits per heavy atom. The predicted octanol–water partition coefficient (Wildman–Crippen LogP) is 1.84. The molecule has 3 heteroatoms. The molecular formula is C7H13NO2. The van der Waals surface area contributed by atoms with Crippen molar-refractivity contribution in [2.45, 2.75) is 38.6 Å². The third-order valence-electron chi connectivity index (χ3n) is 2.28. The molecule has 0 unspecified atom stereocenters. The van der Waals surface area contributed by atoms with Crippen LogP contribution < -0.4 is 0 Å². The summed E-state index contributed by atoms with van der Waals surface area (Å²) in [6.45, 7) is 2.16. The monoisotopic (exact) mass is 143 g/mol. The van der Waals surface area contributed by atoms with E-state index in [0.717, 1.165) is 25.7 Å². The quantitative estimate of drug-likeness (QED) is 0.415. The molecule has 0 N–H and O–H groups in total. The number of hydrogen-bond donors (Lipinski definition) is 0. The summed E-state index contributed by atoms with van der Waals surface area (Å²) >= 11 is 0. The smallest absolute Gasteiger partial charge is 0.213 e. The first-order valence-corrected chi connectivity index (χ1v) is 3.83. The van der Waals surface area contributed by atoms with Gasteiger partial charge in [0.1, 0.15) is 0 Å². The molecule has 1 fully saturated rings. The van der Waals surface area contributed by atoms with E-state index in [1.54, 1.807) is 0 Å². The van der Waals surface area contributed by atoms with Crippen LogP contribution in [0.2, 0.25) is 0 Å². The summed E-state index contributed by atoms with van der Waals surface area (Å²) in [7, 11) is 0. The highest BCUT2D eigenvalue weighted by Crippen LogP contribution is 2.24. The number of hydrogen-bond acceptors (Lipinski definition) is 2. The second-order valence-corrected chi connectivity index (χ2v) is 3.20. The zero-order chi connectivity index (χ0) is 7.56. The van der Waals surface area contributed by atoms with Gasteiger partial charge in [-0.3, -0.25) is 10.1 Å². The molecule has 0 amide bonds. The molecule has 0 heterocycles. The van der Waals surface area contributed by atoms with E-state index in [0.29, 0.717) is 5.92 Å². The summed E-state index contributed by atoms with van der Waals surface area (Å²) in [4.78, 5) is 10.1. The number of nitrogens with zero attached hydrogens (tertiary/aromatic N) is 1. The highest BCUT2D eigenvalue weighted by atomic mass is 16.6. The van der Waals surface area contributed by atoms with Gasteiger partial charge in [-0.1, -0.05) is 6.92 Å². The van der Waals surface area contributed by atoms with E-state index >= 15 is 0 Å². The second-order valence-electron chi connectivity index (χ2n) is 3.20. The van der Waals surface area contributed by atoms with Gasteiger partial charge in [0.15, 0.2) is 0 Å². The highest BCUT2D eigenvalue weighted by Gasteiger charge is 2.25. The Morgan fingerprint density at radius 1 is 1.30 bits per heavy atom. The van der Waals surface area contributed by atoms with E-state index in [4.69, 9.17) is 0 Å². The summed E-state index contributed by atoms with van der Waals surface area (Å²) in [5.74, 6) is 0.705. The maximum atomic E-state index is 10.3. The summed E-state index contributed by atoms with van der Waals surface area (Å²) in [5, 5.41) is 10.3. The topological polar surface area (TPSA) is 43.1 Å². The van der Waals surface area contributed by atoms with Gasteiger partial charge in [0.25, 0.3) is 0 Å². The summed E-state index contributed by atoms with van der Waals surface area (Å²) in [5.41, 5.74) is 0. The Bertz CT molecular complexity index is 128. The summed E-state index contributed by atoms with van der Waals surface area (Å²) in [6.07, 6.45) is 3.64. The van der Waals surface area contributed by atoms with E-state index in [9.17, 15) is 10.1 Å². The van der Waals surface area contributed by atoms with Crippen LogP contribution in [0.4, 0.5) is 0 Å². The second kappa shape index (κ2) is 2.99. The van der Waals surface area contributed by atoms with Crippen molar-refractivity contribution >= 4 is 0 Å². The largest absolute Gasteiger partial charge is 0.264 e. The molecule has 0 spiro atoms. The molecule has 58 valence electrons. The van der Waals surface area contributed by atoms with Crippen LogP contribution >= 0.6 is 0 Å². The molecule has 1 aliphatic rings. The molecular weight excluding hydrogens is 130 g/mol. The van der Waals surface area contributed by atoms with Crippen LogP contribution in [0.25, 0.3) is 0 Å². The van der Waals surface area contributed by atoms with Gasteiger partial charge in [-0.2, -0.15) is 0 Å². The number of rotatable bonds is 1. The molecule has 0 aromatic carbocycles. The third kappa shape index (κ3) is 1.69. The average Bonchev–Trinajstić information content (AvgIpc) is 1.88. The SMILES string of the molecule is CC1CCC([N+](=O)[O-])CC1. The Hall–Kier alpha value is -0.600. The van der Waals surface area contributed by atoms with Crippen LogP contribution in [-0.4, -0.2) is 11.0 Å². The van der Waals surface area contributed by atoms with Gasteiger partial charge in [0.05, 0.1) is 0 Å². The average molecular weight is 143 g/mol. The van der Waals surface area contributed by atoms with Crippen molar-refractivity contribution in [1.82, 2.24) is 0 Å². The Balaban J connectivity index is 2.33. The zero-order valence-corrected chi connectivity index (χ0v) is 6.25. The van der Waals surface area contributed by atoms with Crippen molar-refractivity contribution < 1.29 is 4.92 Å². The first-order chi connectivity index (χ1) is 4.70. The van der Waals surface area contributed by atoms with E-state index in [-0.39, 0.29) is 11.0 Å². The third-order valence-corrected chi connectivity index (χ3v) is 2.28. The molecule has 0 aliphatic heterocycles. The summed E-state index contributed by atoms with van der Waals surface area (Å²) < 4.78 is 0. The van der Waals surface area contributed by atoms with Crippen molar-refractivity contribution in [3.8, 4) is 0 Å². The maximum absolute atomic E-state index is 10.3. The van der Waals surface area contributed by atoms with Crippen LogP contribution in [0.3, 0.4) is 0 Å². The van der Waals surface area contributed by atoms with Crippen LogP contribution in [0.1, 0.15) is 32.6 Å². The zero-order valence-electron chi connectivity index (χ0n) is 6.25. The first-order valence-electron chi connectivity index (χ1n) is 3.83.